The van der Waals surface area contributed by atoms with Crippen molar-refractivity contribution in [3.05, 3.63) is 70.9 Å². The second-order valence-corrected chi connectivity index (χ2v) is 5.66. The van der Waals surface area contributed by atoms with Gasteiger partial charge in [0.25, 0.3) is 0 Å². The van der Waals surface area contributed by atoms with Gasteiger partial charge in [-0.3, -0.25) is 0 Å². The van der Waals surface area contributed by atoms with Gasteiger partial charge in [0.2, 0.25) is 5.95 Å². The van der Waals surface area contributed by atoms with Gasteiger partial charge in [-0.25, -0.2) is 4.98 Å². The molecule has 0 saturated heterocycles. The van der Waals surface area contributed by atoms with Crippen molar-refractivity contribution in [2.75, 3.05) is 5.32 Å². The average Bonchev–Trinajstić information content (AvgIpc) is 2.60. The summed E-state index contributed by atoms with van der Waals surface area (Å²) in [6, 6.07) is 12.1. The highest BCUT2D eigenvalue weighted by molar-refractivity contribution is 6.30. The maximum Gasteiger partial charge on any atom is 0.416 e. The first kappa shape index (κ1) is 17.2. The molecule has 0 aliphatic rings. The third-order valence-corrected chi connectivity index (χ3v) is 3.66. The van der Waals surface area contributed by atoms with E-state index in [1.807, 2.05) is 0 Å². The van der Waals surface area contributed by atoms with Crippen LogP contribution in [0.1, 0.15) is 11.1 Å². The number of anilines is 1. The van der Waals surface area contributed by atoms with Gasteiger partial charge in [0.05, 0.1) is 17.5 Å². The Morgan fingerprint density at radius 1 is 1.04 bits per heavy atom. The lowest BCUT2D eigenvalue weighted by Crippen LogP contribution is -2.08. The Labute approximate surface area is 146 Å². The molecule has 128 valence electrons. The molecule has 0 aliphatic carbocycles. The summed E-state index contributed by atoms with van der Waals surface area (Å²) < 4.78 is 38.2. The predicted octanol–water partition coefficient (Wildman–Crippen LogP) is 4.82. The first-order valence-electron chi connectivity index (χ1n) is 7.27. The highest BCUT2D eigenvalue weighted by Gasteiger charge is 2.30. The van der Waals surface area contributed by atoms with E-state index in [1.165, 1.54) is 12.3 Å². The molecule has 1 heterocycles. The van der Waals surface area contributed by atoms with Crippen LogP contribution in [0.15, 0.2) is 54.7 Å². The zero-order chi connectivity index (χ0) is 17.9. The largest absolute Gasteiger partial charge is 0.416 e. The molecule has 0 bridgehead atoms. The number of rotatable bonds is 4. The van der Waals surface area contributed by atoms with Crippen molar-refractivity contribution in [2.45, 2.75) is 12.7 Å². The van der Waals surface area contributed by atoms with E-state index >= 15 is 0 Å². The molecule has 0 atom stereocenters. The van der Waals surface area contributed by atoms with Crippen LogP contribution in [0.25, 0.3) is 11.3 Å². The summed E-state index contributed by atoms with van der Waals surface area (Å²) in [4.78, 5) is 4.31. The van der Waals surface area contributed by atoms with Crippen LogP contribution >= 0.6 is 11.6 Å². The van der Waals surface area contributed by atoms with Crippen molar-refractivity contribution >= 4 is 17.5 Å². The molecule has 1 aromatic heterocycles. The summed E-state index contributed by atoms with van der Waals surface area (Å²) in [6.07, 6.45) is -2.87. The number of nitrogens with zero attached hydrogens (tertiary/aromatic N) is 3. The molecule has 25 heavy (non-hydrogen) atoms. The van der Waals surface area contributed by atoms with Crippen LogP contribution in [-0.2, 0) is 12.7 Å². The van der Waals surface area contributed by atoms with Crippen LogP contribution in [0.5, 0.6) is 0 Å². The average molecular weight is 365 g/mol. The van der Waals surface area contributed by atoms with Gasteiger partial charge in [0.15, 0.2) is 0 Å². The fourth-order valence-electron chi connectivity index (χ4n) is 2.18. The molecule has 0 saturated carbocycles. The Morgan fingerprint density at radius 2 is 1.80 bits per heavy atom. The number of alkyl halides is 3. The molecule has 0 aliphatic heterocycles. The number of hydrogen-bond donors (Lipinski definition) is 1. The van der Waals surface area contributed by atoms with E-state index in [9.17, 15) is 13.2 Å². The molecular weight excluding hydrogens is 353 g/mol. The molecule has 3 rings (SSSR count). The van der Waals surface area contributed by atoms with Gasteiger partial charge in [-0.15, -0.1) is 5.10 Å². The number of hydrogen-bond acceptors (Lipinski definition) is 4. The van der Waals surface area contributed by atoms with E-state index in [0.29, 0.717) is 16.3 Å². The van der Waals surface area contributed by atoms with Crippen molar-refractivity contribution in [3.8, 4) is 11.3 Å². The lowest BCUT2D eigenvalue weighted by molar-refractivity contribution is -0.137. The van der Waals surface area contributed by atoms with Crippen LogP contribution < -0.4 is 5.32 Å². The van der Waals surface area contributed by atoms with Crippen LogP contribution in [-0.4, -0.2) is 15.2 Å². The van der Waals surface area contributed by atoms with Crippen LogP contribution in [0.3, 0.4) is 0 Å². The monoisotopic (exact) mass is 364 g/mol. The first-order chi connectivity index (χ1) is 11.9. The SMILES string of the molecule is FC(F)(F)c1cccc(CNc2nncc(-c3ccc(Cl)cc3)n2)c1. The third kappa shape index (κ3) is 4.45. The van der Waals surface area contributed by atoms with Crippen molar-refractivity contribution in [3.63, 3.8) is 0 Å². The second-order valence-electron chi connectivity index (χ2n) is 5.22. The molecule has 0 amide bonds. The highest BCUT2D eigenvalue weighted by Crippen LogP contribution is 2.29. The predicted molar refractivity (Wildman–Crippen MR) is 89.0 cm³/mol. The molecule has 8 heteroatoms. The molecule has 4 nitrogen and oxygen atoms in total. The Balaban J connectivity index is 1.74. The zero-order valence-electron chi connectivity index (χ0n) is 12.8. The van der Waals surface area contributed by atoms with Crippen LogP contribution in [0, 0.1) is 0 Å². The van der Waals surface area contributed by atoms with Crippen molar-refractivity contribution in [1.29, 1.82) is 0 Å². The van der Waals surface area contributed by atoms with Gasteiger partial charge in [0, 0.05) is 17.1 Å². The van der Waals surface area contributed by atoms with E-state index in [0.717, 1.165) is 17.7 Å². The molecule has 1 N–H and O–H groups in total. The van der Waals surface area contributed by atoms with Gasteiger partial charge in [-0.1, -0.05) is 35.9 Å². The maximum atomic E-state index is 12.7. The highest BCUT2D eigenvalue weighted by atomic mass is 35.5. The summed E-state index contributed by atoms with van der Waals surface area (Å²) in [5, 5.41) is 11.2. The summed E-state index contributed by atoms with van der Waals surface area (Å²) in [6.45, 7) is 0.148. The van der Waals surface area contributed by atoms with Crippen molar-refractivity contribution < 1.29 is 13.2 Å². The van der Waals surface area contributed by atoms with Crippen LogP contribution in [0.2, 0.25) is 5.02 Å². The Kier molecular flexibility index (Phi) is 4.85. The first-order valence-corrected chi connectivity index (χ1v) is 7.65. The molecule has 0 fully saturated rings. The smallest absolute Gasteiger partial charge is 0.349 e. The number of halogens is 4. The molecular formula is C17H12ClF3N4. The Hall–Kier alpha value is -2.67. The second kappa shape index (κ2) is 7.06. The molecule has 2 aromatic carbocycles. The van der Waals surface area contributed by atoms with Gasteiger partial charge < -0.3 is 5.32 Å². The fourth-order valence-corrected chi connectivity index (χ4v) is 2.30. The summed E-state index contributed by atoms with van der Waals surface area (Å²) in [5.74, 6) is 0.227. The Bertz CT molecular complexity index is 866. The zero-order valence-corrected chi connectivity index (χ0v) is 13.5. The molecule has 0 unspecified atom stereocenters. The quantitative estimate of drug-likeness (QED) is 0.721. The van der Waals surface area contributed by atoms with Gasteiger partial charge in [-0.2, -0.15) is 18.3 Å². The number of nitrogens with one attached hydrogen (secondary N) is 1. The topological polar surface area (TPSA) is 50.7 Å². The molecule has 0 radical (unpaired) electrons. The lowest BCUT2D eigenvalue weighted by atomic mass is 10.1. The summed E-state index contributed by atoms with van der Waals surface area (Å²) >= 11 is 5.85. The lowest BCUT2D eigenvalue weighted by Gasteiger charge is -2.09. The van der Waals surface area contributed by atoms with E-state index < -0.39 is 11.7 Å². The van der Waals surface area contributed by atoms with Crippen molar-refractivity contribution in [1.82, 2.24) is 15.2 Å². The normalized spacial score (nSPS) is 11.4. The van der Waals surface area contributed by atoms with E-state index in [-0.39, 0.29) is 12.5 Å². The van der Waals surface area contributed by atoms with E-state index in [1.54, 1.807) is 30.3 Å². The standard InChI is InChI=1S/C17H12ClF3N4/c18-14-6-4-12(5-7-14)15-10-23-25-16(24-15)22-9-11-2-1-3-13(8-11)17(19,20)21/h1-8,10H,9H2,(H,22,24,25). The summed E-state index contributed by atoms with van der Waals surface area (Å²) in [5.41, 5.74) is 1.16. The van der Waals surface area contributed by atoms with Crippen LogP contribution in [0.4, 0.5) is 19.1 Å². The van der Waals surface area contributed by atoms with E-state index in [2.05, 4.69) is 20.5 Å². The minimum atomic E-state index is -4.37. The summed E-state index contributed by atoms with van der Waals surface area (Å²) in [7, 11) is 0. The van der Waals surface area contributed by atoms with Gasteiger partial charge >= 0.3 is 6.18 Å². The number of benzene rings is 2. The number of aromatic nitrogens is 3. The Morgan fingerprint density at radius 3 is 2.52 bits per heavy atom. The molecule has 3 aromatic rings. The van der Waals surface area contributed by atoms with Gasteiger partial charge in [-0.05, 0) is 29.8 Å². The fraction of sp³-hybridized carbons (Fsp3) is 0.118. The minimum absolute atomic E-state index is 0.148. The van der Waals surface area contributed by atoms with Gasteiger partial charge in [0.1, 0.15) is 0 Å². The maximum absolute atomic E-state index is 12.7. The minimum Gasteiger partial charge on any atom is -0.349 e. The van der Waals surface area contributed by atoms with E-state index in [4.69, 9.17) is 11.6 Å². The third-order valence-electron chi connectivity index (χ3n) is 3.40. The van der Waals surface area contributed by atoms with Crippen molar-refractivity contribution in [2.24, 2.45) is 0 Å². The molecule has 0 spiro atoms.